The van der Waals surface area contributed by atoms with Crippen LogP contribution < -0.4 is 5.73 Å². The summed E-state index contributed by atoms with van der Waals surface area (Å²) in [5.41, 5.74) is 6.56. The zero-order valence-electron chi connectivity index (χ0n) is 7.27. The monoisotopic (exact) mass is 163 g/mol. The van der Waals surface area contributed by atoms with Gasteiger partial charge in [0.25, 0.3) is 0 Å². The minimum absolute atomic E-state index is 0. The van der Waals surface area contributed by atoms with Gasteiger partial charge in [0, 0.05) is 0 Å². The number of nitrogens with two attached hydrogens (primary N) is 1. The molecule has 1 saturated carbocycles. The van der Waals surface area contributed by atoms with Crippen molar-refractivity contribution >= 4 is 12.4 Å². The van der Waals surface area contributed by atoms with E-state index in [2.05, 4.69) is 27.7 Å². The largest absolute Gasteiger partial charge is 0.330 e. The average molecular weight is 164 g/mol. The second-order valence-electron chi connectivity index (χ2n) is 4.23. The maximum atomic E-state index is 5.59. The molecule has 0 aromatic carbocycles. The zero-order valence-corrected chi connectivity index (χ0v) is 8.09. The Bertz CT molecular complexity index is 115. The molecule has 0 heterocycles. The van der Waals surface area contributed by atoms with Crippen LogP contribution in [0, 0.1) is 16.7 Å². The second-order valence-corrected chi connectivity index (χ2v) is 4.23. The normalized spacial score (nSPS) is 27.3. The molecular weight excluding hydrogens is 146 g/mol. The molecule has 1 fully saturated rings. The van der Waals surface area contributed by atoms with E-state index in [4.69, 9.17) is 5.73 Å². The number of hydrogen-bond acceptors (Lipinski definition) is 1. The van der Waals surface area contributed by atoms with Gasteiger partial charge in [-0.25, -0.2) is 0 Å². The Labute approximate surface area is 69.8 Å². The third kappa shape index (κ3) is 0.960. The third-order valence-corrected chi connectivity index (χ3v) is 3.56. The maximum Gasteiger partial charge on any atom is -0.00382 e. The van der Waals surface area contributed by atoms with Crippen molar-refractivity contribution in [2.45, 2.75) is 27.7 Å². The van der Waals surface area contributed by atoms with E-state index in [1.54, 1.807) is 0 Å². The van der Waals surface area contributed by atoms with Crippen molar-refractivity contribution in [2.24, 2.45) is 22.5 Å². The molecule has 0 bridgehead atoms. The molecule has 0 amide bonds. The molecule has 2 N–H and O–H groups in total. The highest BCUT2D eigenvalue weighted by atomic mass is 35.5. The van der Waals surface area contributed by atoms with Crippen LogP contribution in [0.2, 0.25) is 0 Å². The fraction of sp³-hybridized carbons (Fsp3) is 1.00. The Morgan fingerprint density at radius 3 is 1.40 bits per heavy atom. The number of rotatable bonds is 1. The van der Waals surface area contributed by atoms with Crippen molar-refractivity contribution in [2.75, 3.05) is 6.54 Å². The molecule has 0 atom stereocenters. The van der Waals surface area contributed by atoms with Crippen molar-refractivity contribution < 1.29 is 0 Å². The van der Waals surface area contributed by atoms with Crippen molar-refractivity contribution in [3.63, 3.8) is 0 Å². The molecule has 10 heavy (non-hydrogen) atoms. The fourth-order valence-corrected chi connectivity index (χ4v) is 1.92. The Morgan fingerprint density at radius 2 is 1.40 bits per heavy atom. The highest BCUT2D eigenvalue weighted by molar-refractivity contribution is 5.85. The lowest BCUT2D eigenvalue weighted by Crippen LogP contribution is -2.06. The summed E-state index contributed by atoms with van der Waals surface area (Å²) in [6, 6.07) is 0. The molecule has 1 aliphatic carbocycles. The predicted octanol–water partition coefficient (Wildman–Crippen LogP) is 2.05. The van der Waals surface area contributed by atoms with Crippen LogP contribution in [0.3, 0.4) is 0 Å². The van der Waals surface area contributed by atoms with Crippen LogP contribution in [-0.4, -0.2) is 6.54 Å². The quantitative estimate of drug-likeness (QED) is 0.629. The smallest absolute Gasteiger partial charge is 0.00382 e. The predicted molar refractivity (Wildman–Crippen MR) is 47.4 cm³/mol. The van der Waals surface area contributed by atoms with Gasteiger partial charge in [-0.05, 0) is 23.3 Å². The van der Waals surface area contributed by atoms with Crippen LogP contribution in [0.1, 0.15) is 27.7 Å². The molecule has 1 rings (SSSR count). The van der Waals surface area contributed by atoms with Gasteiger partial charge < -0.3 is 5.73 Å². The minimum Gasteiger partial charge on any atom is -0.330 e. The van der Waals surface area contributed by atoms with Crippen LogP contribution in [-0.2, 0) is 0 Å². The summed E-state index contributed by atoms with van der Waals surface area (Å²) in [7, 11) is 0. The Kier molecular flexibility index (Phi) is 2.44. The van der Waals surface area contributed by atoms with Crippen molar-refractivity contribution in [3.8, 4) is 0 Å². The van der Waals surface area contributed by atoms with Gasteiger partial charge >= 0.3 is 0 Å². The van der Waals surface area contributed by atoms with Gasteiger partial charge in [0.2, 0.25) is 0 Å². The van der Waals surface area contributed by atoms with E-state index >= 15 is 0 Å². The lowest BCUT2D eigenvalue weighted by molar-refractivity contribution is 0.457. The van der Waals surface area contributed by atoms with Gasteiger partial charge in [-0.2, -0.15) is 0 Å². The van der Waals surface area contributed by atoms with Crippen molar-refractivity contribution in [1.29, 1.82) is 0 Å². The van der Waals surface area contributed by atoms with E-state index < -0.39 is 0 Å². The molecule has 62 valence electrons. The summed E-state index contributed by atoms with van der Waals surface area (Å²) in [6.45, 7) is 10.0. The molecule has 0 unspecified atom stereocenters. The van der Waals surface area contributed by atoms with Crippen LogP contribution in [0.5, 0.6) is 0 Å². The summed E-state index contributed by atoms with van der Waals surface area (Å²) in [5, 5.41) is 0. The number of halogens is 1. The topological polar surface area (TPSA) is 26.0 Å². The first-order chi connectivity index (χ1) is 3.94. The van der Waals surface area contributed by atoms with E-state index in [0.29, 0.717) is 10.8 Å². The van der Waals surface area contributed by atoms with Crippen molar-refractivity contribution in [1.82, 2.24) is 0 Å². The Morgan fingerprint density at radius 1 is 1.10 bits per heavy atom. The van der Waals surface area contributed by atoms with E-state index in [1.165, 1.54) is 0 Å². The van der Waals surface area contributed by atoms with Gasteiger partial charge in [-0.1, -0.05) is 27.7 Å². The fourth-order valence-electron chi connectivity index (χ4n) is 1.92. The highest BCUT2D eigenvalue weighted by Gasteiger charge is 2.63. The van der Waals surface area contributed by atoms with Crippen LogP contribution in [0.15, 0.2) is 0 Å². The standard InChI is InChI=1S/C8H17N.ClH/c1-7(2)6(5-9)8(7,3)4;/h6H,5,9H2,1-4H3;1H. The van der Waals surface area contributed by atoms with E-state index in [-0.39, 0.29) is 12.4 Å². The van der Waals surface area contributed by atoms with E-state index in [0.717, 1.165) is 12.5 Å². The van der Waals surface area contributed by atoms with Crippen LogP contribution >= 0.6 is 12.4 Å². The summed E-state index contributed by atoms with van der Waals surface area (Å²) >= 11 is 0. The molecule has 1 aliphatic rings. The van der Waals surface area contributed by atoms with Gasteiger partial charge in [-0.3, -0.25) is 0 Å². The summed E-state index contributed by atoms with van der Waals surface area (Å²) in [6.07, 6.45) is 0. The van der Waals surface area contributed by atoms with Gasteiger partial charge in [-0.15, -0.1) is 12.4 Å². The first-order valence-electron chi connectivity index (χ1n) is 3.64. The van der Waals surface area contributed by atoms with Crippen LogP contribution in [0.25, 0.3) is 0 Å². The molecule has 0 aromatic heterocycles. The van der Waals surface area contributed by atoms with E-state index in [9.17, 15) is 0 Å². The average Bonchev–Trinajstić information content (AvgIpc) is 2.00. The molecular formula is C8H18ClN. The summed E-state index contributed by atoms with van der Waals surface area (Å²) < 4.78 is 0. The molecule has 0 aromatic rings. The highest BCUT2D eigenvalue weighted by Crippen LogP contribution is 2.67. The van der Waals surface area contributed by atoms with Crippen molar-refractivity contribution in [3.05, 3.63) is 0 Å². The van der Waals surface area contributed by atoms with E-state index in [1.807, 2.05) is 0 Å². The number of hydrogen-bond donors (Lipinski definition) is 1. The second kappa shape index (κ2) is 2.38. The Hall–Kier alpha value is 0.250. The zero-order chi connectivity index (χ0) is 7.28. The summed E-state index contributed by atoms with van der Waals surface area (Å²) in [4.78, 5) is 0. The molecule has 0 radical (unpaired) electrons. The lowest BCUT2D eigenvalue weighted by atomic mass is 10.0. The van der Waals surface area contributed by atoms with Crippen LogP contribution in [0.4, 0.5) is 0 Å². The first-order valence-corrected chi connectivity index (χ1v) is 3.64. The maximum absolute atomic E-state index is 5.59. The Balaban J connectivity index is 0.000000810. The molecule has 0 spiro atoms. The van der Waals surface area contributed by atoms with Gasteiger partial charge in [0.05, 0.1) is 0 Å². The van der Waals surface area contributed by atoms with Gasteiger partial charge in [0.1, 0.15) is 0 Å². The molecule has 1 nitrogen and oxygen atoms in total. The third-order valence-electron chi connectivity index (χ3n) is 3.56. The van der Waals surface area contributed by atoms with Gasteiger partial charge in [0.15, 0.2) is 0 Å². The molecule has 0 aliphatic heterocycles. The molecule has 0 saturated heterocycles. The minimum atomic E-state index is 0. The lowest BCUT2D eigenvalue weighted by Gasteiger charge is -2.04. The first kappa shape index (κ1) is 10.2. The SMILES string of the molecule is CC1(C)C(CN)C1(C)C.Cl. The summed E-state index contributed by atoms with van der Waals surface area (Å²) in [5.74, 6) is 0.741. The molecule has 2 heteroatoms.